The average Bonchev–Trinajstić information content (AvgIpc) is 3.06. The van der Waals surface area contributed by atoms with Gasteiger partial charge in [0.25, 0.3) is 5.91 Å². The highest BCUT2D eigenvalue weighted by Gasteiger charge is 2.22. The van der Waals surface area contributed by atoms with Gasteiger partial charge in [0.05, 0.1) is 13.2 Å². The molecule has 0 unspecified atom stereocenters. The lowest BCUT2D eigenvalue weighted by molar-refractivity contribution is -0.138. The number of ether oxygens (including phenoxy) is 2. The largest absolute Gasteiger partial charge is 0.494 e. The highest BCUT2D eigenvalue weighted by atomic mass is 16.5. The molecule has 0 radical (unpaired) electrons. The molecule has 10 nitrogen and oxygen atoms in total. The molecule has 2 N–H and O–H groups in total. The van der Waals surface area contributed by atoms with E-state index in [1.54, 1.807) is 12.4 Å². The van der Waals surface area contributed by atoms with Crippen LogP contribution in [0.1, 0.15) is 66.4 Å². The van der Waals surface area contributed by atoms with E-state index in [2.05, 4.69) is 16.9 Å². The van der Waals surface area contributed by atoms with Gasteiger partial charge < -0.3 is 29.5 Å². The van der Waals surface area contributed by atoms with Gasteiger partial charge in [-0.15, -0.1) is 0 Å². The smallest absolute Gasteiger partial charge is 0.303 e. The molecule has 46 heavy (non-hydrogen) atoms. The van der Waals surface area contributed by atoms with Gasteiger partial charge in [-0.3, -0.25) is 19.4 Å². The minimum atomic E-state index is -0.867. The zero-order valence-corrected chi connectivity index (χ0v) is 26.7. The molecule has 1 aliphatic rings. The number of aliphatic carboxylic acids is 2. The van der Waals surface area contributed by atoms with Gasteiger partial charge in [0.2, 0.25) is 0 Å². The molecule has 1 saturated heterocycles. The molecule has 3 aromatic rings. The Kier molecular flexibility index (Phi) is 13.4. The van der Waals surface area contributed by atoms with E-state index in [-0.39, 0.29) is 25.4 Å². The lowest BCUT2D eigenvalue weighted by Crippen LogP contribution is -2.47. The molecule has 1 amide bonds. The monoisotopic (exact) mass is 631 g/mol. The minimum Gasteiger partial charge on any atom is -0.494 e. The summed E-state index contributed by atoms with van der Waals surface area (Å²) >= 11 is 0. The van der Waals surface area contributed by atoms with Gasteiger partial charge in [-0.2, -0.15) is 0 Å². The van der Waals surface area contributed by atoms with E-state index >= 15 is 0 Å². The molecule has 0 aliphatic carbocycles. The highest BCUT2D eigenvalue weighted by molar-refractivity contribution is 5.96. The Bertz CT molecular complexity index is 1440. The SMILES string of the molecule is CN1CCN(C(=O)c2cc(OCCCCCCc3cccc(OCCCC(=O)O)c3CCC(=O)O)cc(-c3cccnc3)c2)CC1. The third-order valence-electron chi connectivity index (χ3n) is 8.16. The standard InChI is InChI=1S/C36H45N3O7/c1-38-17-19-39(20-18-38)36(44)30-23-29(28-11-7-16-37-26-28)24-31(25-30)45-21-5-3-2-4-9-27-10-6-12-33(32(27)14-15-35(42)43)46-22-8-13-34(40)41/h6-7,10-12,16,23-26H,2-5,8-9,13-15,17-22H2,1H3,(H,40,41)(H,42,43). The predicted octanol–water partition coefficient (Wildman–Crippen LogP) is 5.58. The van der Waals surface area contributed by atoms with Crippen molar-refractivity contribution in [2.45, 2.75) is 57.8 Å². The van der Waals surface area contributed by atoms with Crippen molar-refractivity contribution in [2.24, 2.45) is 0 Å². The van der Waals surface area contributed by atoms with E-state index in [0.717, 1.165) is 67.4 Å². The van der Waals surface area contributed by atoms with Crippen molar-refractivity contribution in [3.05, 3.63) is 77.6 Å². The van der Waals surface area contributed by atoms with Crippen LogP contribution in [0.3, 0.4) is 0 Å². The van der Waals surface area contributed by atoms with Crippen LogP contribution < -0.4 is 9.47 Å². The van der Waals surface area contributed by atoms with E-state index in [9.17, 15) is 19.5 Å². The van der Waals surface area contributed by atoms with Gasteiger partial charge in [0.15, 0.2) is 0 Å². The van der Waals surface area contributed by atoms with E-state index in [1.165, 1.54) is 0 Å². The summed E-state index contributed by atoms with van der Waals surface area (Å²) in [6.45, 7) is 3.92. The number of piperazine rings is 1. The maximum Gasteiger partial charge on any atom is 0.303 e. The van der Waals surface area contributed by atoms with E-state index in [4.69, 9.17) is 14.6 Å². The zero-order valence-electron chi connectivity index (χ0n) is 26.7. The summed E-state index contributed by atoms with van der Waals surface area (Å²) in [6, 6.07) is 15.3. The molecule has 0 saturated carbocycles. The number of carbonyl (C=O) groups excluding carboxylic acids is 1. The molecule has 246 valence electrons. The van der Waals surface area contributed by atoms with Crippen molar-refractivity contribution in [2.75, 3.05) is 46.4 Å². The summed E-state index contributed by atoms with van der Waals surface area (Å²) in [5.41, 5.74) is 4.40. The third-order valence-corrected chi connectivity index (χ3v) is 8.16. The lowest BCUT2D eigenvalue weighted by atomic mass is 9.97. The summed E-state index contributed by atoms with van der Waals surface area (Å²) in [4.78, 5) is 43.9. The Morgan fingerprint density at radius 3 is 2.28 bits per heavy atom. The zero-order chi connectivity index (χ0) is 32.7. The third kappa shape index (κ3) is 10.9. The van der Waals surface area contributed by atoms with Gasteiger partial charge in [-0.1, -0.05) is 31.0 Å². The fourth-order valence-corrected chi connectivity index (χ4v) is 5.56. The molecule has 0 bridgehead atoms. The van der Waals surface area contributed by atoms with Crippen LogP contribution >= 0.6 is 0 Å². The van der Waals surface area contributed by atoms with Crippen molar-refractivity contribution in [1.82, 2.24) is 14.8 Å². The highest BCUT2D eigenvalue weighted by Crippen LogP contribution is 2.28. The van der Waals surface area contributed by atoms with Gasteiger partial charge >= 0.3 is 11.9 Å². The number of pyridine rings is 1. The Morgan fingerprint density at radius 2 is 1.54 bits per heavy atom. The second-order valence-electron chi connectivity index (χ2n) is 11.7. The van der Waals surface area contributed by atoms with Crippen molar-refractivity contribution in [1.29, 1.82) is 0 Å². The fraction of sp³-hybridized carbons (Fsp3) is 0.444. The van der Waals surface area contributed by atoms with Crippen LogP contribution in [0.5, 0.6) is 11.5 Å². The Labute approximate surface area is 271 Å². The first-order valence-electron chi connectivity index (χ1n) is 16.1. The van der Waals surface area contributed by atoms with Crippen LogP contribution in [-0.2, 0) is 22.4 Å². The van der Waals surface area contributed by atoms with Gasteiger partial charge in [-0.05, 0) is 86.2 Å². The van der Waals surface area contributed by atoms with Crippen molar-refractivity contribution in [3.63, 3.8) is 0 Å². The normalized spacial score (nSPS) is 13.4. The summed E-state index contributed by atoms with van der Waals surface area (Å²) < 4.78 is 12.0. The van der Waals surface area contributed by atoms with Gasteiger partial charge in [-0.25, -0.2) is 0 Å². The van der Waals surface area contributed by atoms with Crippen LogP contribution in [-0.4, -0.2) is 89.3 Å². The first kappa shape index (κ1) is 34.4. The number of benzene rings is 2. The van der Waals surface area contributed by atoms with Crippen molar-refractivity contribution in [3.8, 4) is 22.6 Å². The second kappa shape index (κ2) is 17.9. The molecule has 1 fully saturated rings. The molecule has 0 atom stereocenters. The van der Waals surface area contributed by atoms with Crippen molar-refractivity contribution >= 4 is 17.8 Å². The molecule has 0 spiro atoms. The number of unbranched alkanes of at least 4 members (excludes halogenated alkanes) is 3. The average molecular weight is 632 g/mol. The number of hydrogen-bond acceptors (Lipinski definition) is 7. The van der Waals surface area contributed by atoms with Gasteiger partial charge in [0, 0.05) is 62.5 Å². The maximum absolute atomic E-state index is 13.4. The fourth-order valence-electron chi connectivity index (χ4n) is 5.56. The second-order valence-corrected chi connectivity index (χ2v) is 11.7. The van der Waals surface area contributed by atoms with Crippen LogP contribution in [0.2, 0.25) is 0 Å². The summed E-state index contributed by atoms with van der Waals surface area (Å²) in [5, 5.41) is 18.1. The first-order chi connectivity index (χ1) is 22.3. The summed E-state index contributed by atoms with van der Waals surface area (Å²) in [5.74, 6) is -0.415. The number of nitrogens with zero attached hydrogens (tertiary/aromatic N) is 3. The molecular formula is C36H45N3O7. The number of carboxylic acids is 2. The minimum absolute atomic E-state index is 0.00447. The van der Waals surface area contributed by atoms with E-state index in [1.807, 2.05) is 53.4 Å². The van der Waals surface area contributed by atoms with Gasteiger partial charge in [0.1, 0.15) is 11.5 Å². The molecular weight excluding hydrogens is 586 g/mol. The number of aromatic nitrogens is 1. The number of rotatable bonds is 18. The predicted molar refractivity (Wildman–Crippen MR) is 176 cm³/mol. The first-order valence-corrected chi connectivity index (χ1v) is 16.1. The van der Waals surface area contributed by atoms with Crippen LogP contribution in [0, 0.1) is 0 Å². The Morgan fingerprint density at radius 1 is 0.783 bits per heavy atom. The molecule has 1 aromatic heterocycles. The number of carboxylic acid groups (broad SMARTS) is 2. The number of hydrogen-bond donors (Lipinski definition) is 2. The van der Waals surface area contributed by atoms with Crippen molar-refractivity contribution < 1.29 is 34.1 Å². The number of aryl methyl sites for hydroxylation is 1. The number of likely N-dealkylation sites (N-methyl/N-ethyl adjacent to an activating group) is 1. The quantitative estimate of drug-likeness (QED) is 0.173. The maximum atomic E-state index is 13.4. The number of amides is 1. The van der Waals surface area contributed by atoms with Crippen LogP contribution in [0.4, 0.5) is 0 Å². The summed E-state index contributed by atoms with van der Waals surface area (Å²) in [6.07, 6.45) is 8.84. The molecule has 10 heteroatoms. The lowest BCUT2D eigenvalue weighted by Gasteiger charge is -2.32. The summed E-state index contributed by atoms with van der Waals surface area (Å²) in [7, 11) is 2.07. The molecule has 1 aliphatic heterocycles. The van der Waals surface area contributed by atoms with Crippen LogP contribution in [0.15, 0.2) is 60.9 Å². The Balaban J connectivity index is 1.30. The molecule has 4 rings (SSSR count). The van der Waals surface area contributed by atoms with Crippen LogP contribution in [0.25, 0.3) is 11.1 Å². The number of carbonyl (C=O) groups is 3. The topological polar surface area (TPSA) is 130 Å². The Hall–Kier alpha value is -4.44. The van der Waals surface area contributed by atoms with E-state index in [0.29, 0.717) is 49.6 Å². The molecule has 2 heterocycles. The van der Waals surface area contributed by atoms with E-state index < -0.39 is 11.9 Å². The molecule has 2 aromatic carbocycles.